The number of anilines is 1. The summed E-state index contributed by atoms with van der Waals surface area (Å²) in [5, 5.41) is 12.3. The lowest BCUT2D eigenvalue weighted by Gasteiger charge is -2.07. The van der Waals surface area contributed by atoms with E-state index in [1.54, 1.807) is 7.11 Å². The number of amides is 1. The number of nitrogens with zero attached hydrogens (tertiary/aromatic N) is 2. The molecule has 1 N–H and O–H groups in total. The SMILES string of the molecule is COc1ccccc1CC(=O)Nc1nnc(CCCOc2ccccc2)s1. The highest BCUT2D eigenvalue weighted by Crippen LogP contribution is 2.20. The summed E-state index contributed by atoms with van der Waals surface area (Å²) in [6, 6.07) is 17.2. The van der Waals surface area contributed by atoms with E-state index >= 15 is 0 Å². The highest BCUT2D eigenvalue weighted by Gasteiger charge is 2.11. The zero-order chi connectivity index (χ0) is 18.9. The van der Waals surface area contributed by atoms with E-state index in [1.807, 2.05) is 54.6 Å². The Morgan fingerprint density at radius 1 is 1.07 bits per heavy atom. The molecule has 2 aromatic carbocycles. The summed E-state index contributed by atoms with van der Waals surface area (Å²) < 4.78 is 10.9. The van der Waals surface area contributed by atoms with E-state index in [2.05, 4.69) is 15.5 Å². The van der Waals surface area contributed by atoms with E-state index < -0.39 is 0 Å². The number of aromatic nitrogens is 2. The number of rotatable bonds is 9. The van der Waals surface area contributed by atoms with Gasteiger partial charge < -0.3 is 14.8 Å². The van der Waals surface area contributed by atoms with Gasteiger partial charge in [-0.2, -0.15) is 0 Å². The molecular formula is C20H21N3O3S. The van der Waals surface area contributed by atoms with Crippen molar-refractivity contribution in [2.75, 3.05) is 19.0 Å². The summed E-state index contributed by atoms with van der Waals surface area (Å²) in [4.78, 5) is 12.2. The third-order valence-electron chi connectivity index (χ3n) is 3.80. The molecule has 27 heavy (non-hydrogen) atoms. The van der Waals surface area contributed by atoms with Gasteiger partial charge in [0.05, 0.1) is 20.1 Å². The fourth-order valence-corrected chi connectivity index (χ4v) is 3.32. The molecule has 3 rings (SSSR count). The summed E-state index contributed by atoms with van der Waals surface area (Å²) >= 11 is 1.39. The Kier molecular flexibility index (Phi) is 6.76. The van der Waals surface area contributed by atoms with Gasteiger partial charge in [-0.1, -0.05) is 47.7 Å². The summed E-state index contributed by atoms with van der Waals surface area (Å²) in [6.45, 7) is 0.610. The quantitative estimate of drug-likeness (QED) is 0.570. The normalized spacial score (nSPS) is 10.4. The van der Waals surface area contributed by atoms with Crippen molar-refractivity contribution in [3.63, 3.8) is 0 Å². The molecule has 0 saturated carbocycles. The van der Waals surface area contributed by atoms with Crippen molar-refractivity contribution in [1.29, 1.82) is 0 Å². The number of methoxy groups -OCH3 is 1. The molecule has 0 unspecified atom stereocenters. The molecule has 0 spiro atoms. The van der Waals surface area contributed by atoms with E-state index in [9.17, 15) is 4.79 Å². The number of benzene rings is 2. The van der Waals surface area contributed by atoms with Crippen LogP contribution in [0.1, 0.15) is 17.0 Å². The molecule has 0 aliphatic heterocycles. The molecular weight excluding hydrogens is 362 g/mol. The first kappa shape index (κ1) is 18.8. The lowest BCUT2D eigenvalue weighted by molar-refractivity contribution is -0.115. The van der Waals surface area contributed by atoms with Crippen LogP contribution in [0, 0.1) is 0 Å². The number of hydrogen-bond acceptors (Lipinski definition) is 6. The maximum Gasteiger partial charge on any atom is 0.230 e. The van der Waals surface area contributed by atoms with E-state index in [0.717, 1.165) is 29.2 Å². The number of para-hydroxylation sites is 2. The number of carbonyl (C=O) groups is 1. The Balaban J connectivity index is 1.44. The molecule has 6 nitrogen and oxygen atoms in total. The van der Waals surface area contributed by atoms with Gasteiger partial charge >= 0.3 is 0 Å². The van der Waals surface area contributed by atoms with Crippen molar-refractivity contribution >= 4 is 22.4 Å². The van der Waals surface area contributed by atoms with E-state index in [-0.39, 0.29) is 12.3 Å². The highest BCUT2D eigenvalue weighted by atomic mass is 32.1. The molecule has 1 aromatic heterocycles. The minimum Gasteiger partial charge on any atom is -0.496 e. The Morgan fingerprint density at radius 2 is 1.85 bits per heavy atom. The van der Waals surface area contributed by atoms with Crippen LogP contribution in [0.2, 0.25) is 0 Å². The summed E-state index contributed by atoms with van der Waals surface area (Å²) in [6.07, 6.45) is 1.81. The number of nitrogens with one attached hydrogen (secondary N) is 1. The van der Waals surface area contributed by atoms with Crippen molar-refractivity contribution in [3.05, 3.63) is 65.2 Å². The van der Waals surface area contributed by atoms with Crippen LogP contribution in [0.4, 0.5) is 5.13 Å². The standard InChI is InChI=1S/C20H21N3O3S/c1-25-17-11-6-5-8-15(17)14-18(24)21-20-23-22-19(27-20)12-7-13-26-16-9-3-2-4-10-16/h2-6,8-11H,7,12-14H2,1H3,(H,21,23,24). The number of carbonyl (C=O) groups excluding carboxylic acids is 1. The van der Waals surface area contributed by atoms with Gasteiger partial charge in [-0.25, -0.2) is 0 Å². The molecule has 0 atom stereocenters. The van der Waals surface area contributed by atoms with Gasteiger partial charge in [0, 0.05) is 12.0 Å². The fraction of sp³-hybridized carbons (Fsp3) is 0.250. The Hall–Kier alpha value is -2.93. The van der Waals surface area contributed by atoms with Gasteiger partial charge in [-0.05, 0) is 24.6 Å². The fourth-order valence-electron chi connectivity index (χ4n) is 2.52. The van der Waals surface area contributed by atoms with Crippen molar-refractivity contribution in [2.24, 2.45) is 0 Å². The lowest BCUT2D eigenvalue weighted by atomic mass is 10.1. The smallest absolute Gasteiger partial charge is 0.230 e. The van der Waals surface area contributed by atoms with E-state index in [1.165, 1.54) is 11.3 Å². The average molecular weight is 383 g/mol. The van der Waals surface area contributed by atoms with Gasteiger partial charge in [-0.3, -0.25) is 4.79 Å². The topological polar surface area (TPSA) is 73.3 Å². The number of aryl methyl sites for hydroxylation is 1. The Morgan fingerprint density at radius 3 is 2.67 bits per heavy atom. The molecule has 1 heterocycles. The van der Waals surface area contributed by atoms with E-state index in [0.29, 0.717) is 17.5 Å². The van der Waals surface area contributed by atoms with Gasteiger partial charge in [0.1, 0.15) is 16.5 Å². The summed E-state index contributed by atoms with van der Waals surface area (Å²) in [5.41, 5.74) is 0.834. The lowest BCUT2D eigenvalue weighted by Crippen LogP contribution is -2.14. The van der Waals surface area contributed by atoms with Gasteiger partial charge in [0.2, 0.25) is 11.0 Å². The Labute approximate surface area is 162 Å². The second kappa shape index (κ2) is 9.68. The number of hydrogen-bond donors (Lipinski definition) is 1. The van der Waals surface area contributed by atoms with Crippen molar-refractivity contribution in [3.8, 4) is 11.5 Å². The van der Waals surface area contributed by atoms with Crippen molar-refractivity contribution in [2.45, 2.75) is 19.3 Å². The first-order chi connectivity index (χ1) is 13.2. The first-order valence-electron chi connectivity index (χ1n) is 8.66. The van der Waals surface area contributed by atoms with Crippen LogP contribution in [0.25, 0.3) is 0 Å². The van der Waals surface area contributed by atoms with Crippen LogP contribution < -0.4 is 14.8 Å². The predicted molar refractivity (Wildman–Crippen MR) is 105 cm³/mol. The zero-order valence-corrected chi connectivity index (χ0v) is 15.9. The molecule has 0 radical (unpaired) electrons. The minimum absolute atomic E-state index is 0.144. The maximum atomic E-state index is 12.2. The maximum absolute atomic E-state index is 12.2. The molecule has 0 aliphatic rings. The molecule has 140 valence electrons. The molecule has 1 amide bonds. The number of ether oxygens (including phenoxy) is 2. The summed E-state index contributed by atoms with van der Waals surface area (Å²) in [7, 11) is 1.59. The van der Waals surface area contributed by atoms with Crippen LogP contribution >= 0.6 is 11.3 Å². The van der Waals surface area contributed by atoms with Crippen molar-refractivity contribution < 1.29 is 14.3 Å². The van der Waals surface area contributed by atoms with Gasteiger partial charge in [0.25, 0.3) is 0 Å². The van der Waals surface area contributed by atoms with Gasteiger partial charge in [0.15, 0.2) is 0 Å². The van der Waals surface area contributed by atoms with Crippen LogP contribution in [-0.4, -0.2) is 29.8 Å². The highest BCUT2D eigenvalue weighted by molar-refractivity contribution is 7.15. The monoisotopic (exact) mass is 383 g/mol. The molecule has 7 heteroatoms. The van der Waals surface area contributed by atoms with Crippen LogP contribution in [0.3, 0.4) is 0 Å². The Bertz CT molecular complexity index is 868. The van der Waals surface area contributed by atoms with Crippen LogP contribution in [-0.2, 0) is 17.6 Å². The first-order valence-corrected chi connectivity index (χ1v) is 9.48. The summed E-state index contributed by atoms with van der Waals surface area (Å²) in [5.74, 6) is 1.41. The second-order valence-electron chi connectivity index (χ2n) is 5.80. The second-order valence-corrected chi connectivity index (χ2v) is 6.86. The largest absolute Gasteiger partial charge is 0.496 e. The molecule has 0 aliphatic carbocycles. The third-order valence-corrected chi connectivity index (χ3v) is 4.70. The average Bonchev–Trinajstić information content (AvgIpc) is 3.13. The van der Waals surface area contributed by atoms with Crippen molar-refractivity contribution in [1.82, 2.24) is 10.2 Å². The van der Waals surface area contributed by atoms with E-state index in [4.69, 9.17) is 9.47 Å². The molecule has 0 bridgehead atoms. The molecule has 0 saturated heterocycles. The van der Waals surface area contributed by atoms with Crippen LogP contribution in [0.5, 0.6) is 11.5 Å². The minimum atomic E-state index is -0.144. The van der Waals surface area contributed by atoms with Crippen LogP contribution in [0.15, 0.2) is 54.6 Å². The molecule has 3 aromatic rings. The predicted octanol–water partition coefficient (Wildman–Crippen LogP) is 3.74. The van der Waals surface area contributed by atoms with Gasteiger partial charge in [-0.15, -0.1) is 10.2 Å². The third kappa shape index (κ3) is 5.79. The zero-order valence-electron chi connectivity index (χ0n) is 15.1. The molecule has 0 fully saturated rings.